The number of fused-ring (bicyclic) bond motifs is 1. The van der Waals surface area contributed by atoms with E-state index in [4.69, 9.17) is 16.3 Å². The summed E-state index contributed by atoms with van der Waals surface area (Å²) in [5.41, 5.74) is 0.719. The van der Waals surface area contributed by atoms with Crippen molar-refractivity contribution >= 4 is 60.5 Å². The first-order valence-corrected chi connectivity index (χ1v) is 12.9. The maximum absolute atomic E-state index is 13.1. The second-order valence-electron chi connectivity index (χ2n) is 8.63. The molecule has 3 aromatic rings. The summed E-state index contributed by atoms with van der Waals surface area (Å²) in [6.07, 6.45) is -0.895. The number of nitrogens with one attached hydrogen (secondary N) is 1. The molecule has 0 aliphatic rings. The largest absolute Gasteiger partial charge is 0.464 e. The smallest absolute Gasteiger partial charge is 0.416 e. The third-order valence-electron chi connectivity index (χ3n) is 5.01. The third kappa shape index (κ3) is 5.63. The fourth-order valence-corrected chi connectivity index (χ4v) is 5.37. The lowest BCUT2D eigenvalue weighted by molar-refractivity contribution is 0.00650. The summed E-state index contributed by atoms with van der Waals surface area (Å²) in [6.45, 7) is 6.68. The van der Waals surface area contributed by atoms with E-state index in [1.54, 1.807) is 45.9 Å². The van der Waals surface area contributed by atoms with E-state index in [9.17, 15) is 23.1 Å². The van der Waals surface area contributed by atoms with Gasteiger partial charge in [-0.25, -0.2) is 27.3 Å². The molecular formula is C23H24BrClN2O6S. The Kier molecular flexibility index (Phi) is 7.47. The van der Waals surface area contributed by atoms with Gasteiger partial charge in [-0.05, 0) is 76.1 Å². The molecule has 182 valence electrons. The first-order chi connectivity index (χ1) is 15.7. The zero-order chi connectivity index (χ0) is 25.4. The number of carbonyl (C=O) groups excluding carboxylic acids is 1. The number of nitrogens with zero attached hydrogens (tertiary/aromatic N) is 1. The molecule has 0 aliphatic heterocycles. The number of carboxylic acid groups (broad SMARTS) is 1. The van der Waals surface area contributed by atoms with Gasteiger partial charge in [-0.3, -0.25) is 0 Å². The SMILES string of the molecule is Cc1c(CCNS(=O)(=O)c2ccc(Cl)cc2C(=O)OC(C)(C)C)c2cc(Br)ccc2n1C(=O)O. The Hall–Kier alpha value is -2.40. The number of sulfonamides is 1. The van der Waals surface area contributed by atoms with E-state index in [-0.39, 0.29) is 28.4 Å². The monoisotopic (exact) mass is 570 g/mol. The van der Waals surface area contributed by atoms with E-state index in [2.05, 4.69) is 20.7 Å². The highest BCUT2D eigenvalue weighted by Crippen LogP contribution is 2.29. The molecule has 0 bridgehead atoms. The predicted octanol–water partition coefficient (Wildman–Crippen LogP) is 5.37. The molecule has 0 amide bonds. The van der Waals surface area contributed by atoms with Crippen LogP contribution >= 0.6 is 27.5 Å². The molecule has 1 heterocycles. The highest BCUT2D eigenvalue weighted by Gasteiger charge is 2.27. The number of rotatable bonds is 6. The van der Waals surface area contributed by atoms with Crippen molar-refractivity contribution in [3.8, 4) is 0 Å². The quantitative estimate of drug-likeness (QED) is 0.385. The Morgan fingerprint density at radius 3 is 2.47 bits per heavy atom. The van der Waals surface area contributed by atoms with Crippen LogP contribution in [0.3, 0.4) is 0 Å². The fourth-order valence-electron chi connectivity index (χ4n) is 3.63. The lowest BCUT2D eigenvalue weighted by Gasteiger charge is -2.20. The lowest BCUT2D eigenvalue weighted by Crippen LogP contribution is -2.29. The lowest BCUT2D eigenvalue weighted by atomic mass is 10.1. The van der Waals surface area contributed by atoms with Crippen LogP contribution in [0.5, 0.6) is 0 Å². The number of halogens is 2. The van der Waals surface area contributed by atoms with E-state index in [0.29, 0.717) is 22.2 Å². The zero-order valence-electron chi connectivity index (χ0n) is 19.0. The Balaban J connectivity index is 1.90. The van der Waals surface area contributed by atoms with Crippen molar-refractivity contribution in [3.05, 3.63) is 62.7 Å². The molecule has 8 nitrogen and oxygen atoms in total. The molecule has 2 N–H and O–H groups in total. The first-order valence-electron chi connectivity index (χ1n) is 10.3. The van der Waals surface area contributed by atoms with Crippen molar-refractivity contribution in [3.63, 3.8) is 0 Å². The molecule has 0 radical (unpaired) electrons. The molecule has 0 saturated heterocycles. The van der Waals surface area contributed by atoms with Crippen molar-refractivity contribution < 1.29 is 27.9 Å². The van der Waals surface area contributed by atoms with Crippen LogP contribution < -0.4 is 4.72 Å². The summed E-state index contributed by atoms with van der Waals surface area (Å²) in [7, 11) is -4.10. The molecule has 0 atom stereocenters. The van der Waals surface area contributed by atoms with Gasteiger partial charge in [0.15, 0.2) is 0 Å². The molecule has 0 fully saturated rings. The highest BCUT2D eigenvalue weighted by atomic mass is 79.9. The predicted molar refractivity (Wildman–Crippen MR) is 133 cm³/mol. The van der Waals surface area contributed by atoms with Gasteiger partial charge in [0.05, 0.1) is 16.0 Å². The average molecular weight is 572 g/mol. The fraction of sp³-hybridized carbons (Fsp3) is 0.304. The summed E-state index contributed by atoms with van der Waals surface area (Å²) in [4.78, 5) is 24.1. The second-order valence-corrected chi connectivity index (χ2v) is 11.7. The molecular weight excluding hydrogens is 548 g/mol. The van der Waals surface area contributed by atoms with Gasteiger partial charge in [-0.15, -0.1) is 0 Å². The van der Waals surface area contributed by atoms with Crippen LogP contribution in [0.2, 0.25) is 5.02 Å². The van der Waals surface area contributed by atoms with Gasteiger partial charge >= 0.3 is 12.1 Å². The summed E-state index contributed by atoms with van der Waals surface area (Å²) < 4.78 is 35.9. The Morgan fingerprint density at radius 2 is 1.85 bits per heavy atom. The van der Waals surface area contributed by atoms with Crippen molar-refractivity contribution in [1.82, 2.24) is 9.29 Å². The first kappa shape index (κ1) is 26.2. The Labute approximate surface area is 211 Å². The zero-order valence-corrected chi connectivity index (χ0v) is 22.1. The van der Waals surface area contributed by atoms with E-state index in [1.807, 2.05) is 0 Å². The molecule has 0 unspecified atom stereocenters. The van der Waals surface area contributed by atoms with Crippen molar-refractivity contribution in [2.24, 2.45) is 0 Å². The van der Waals surface area contributed by atoms with Gasteiger partial charge in [0, 0.05) is 27.1 Å². The van der Waals surface area contributed by atoms with Crippen LogP contribution in [0.15, 0.2) is 45.8 Å². The average Bonchev–Trinajstić information content (AvgIpc) is 2.97. The van der Waals surface area contributed by atoms with Crippen molar-refractivity contribution in [2.75, 3.05) is 6.54 Å². The number of hydrogen-bond donors (Lipinski definition) is 2. The van der Waals surface area contributed by atoms with Crippen LogP contribution in [0, 0.1) is 6.92 Å². The van der Waals surface area contributed by atoms with Gasteiger partial charge in [-0.1, -0.05) is 27.5 Å². The number of carbonyl (C=O) groups is 2. The number of esters is 1. The standard InChI is InChI=1S/C23H24BrClN2O6S/c1-13-16(17-11-14(24)5-7-19(17)27(13)22(29)30)9-10-26-34(31,32)20-8-6-15(25)12-18(20)21(28)33-23(2,3)4/h5-8,11-12,26H,9-10H2,1-4H3,(H,29,30). The molecule has 3 rings (SSSR count). The third-order valence-corrected chi connectivity index (χ3v) is 7.25. The Morgan fingerprint density at radius 1 is 1.18 bits per heavy atom. The van der Waals surface area contributed by atoms with Crippen molar-refractivity contribution in [1.29, 1.82) is 0 Å². The normalized spacial score (nSPS) is 12.2. The molecule has 34 heavy (non-hydrogen) atoms. The van der Waals surface area contributed by atoms with E-state index < -0.39 is 27.7 Å². The molecule has 2 aromatic carbocycles. The molecule has 0 saturated carbocycles. The van der Waals surface area contributed by atoms with Crippen LogP contribution in [-0.4, -0.2) is 42.3 Å². The number of aromatic nitrogens is 1. The minimum atomic E-state index is -4.10. The minimum absolute atomic E-state index is 0.0230. The number of hydrogen-bond acceptors (Lipinski definition) is 5. The van der Waals surface area contributed by atoms with E-state index >= 15 is 0 Å². The van der Waals surface area contributed by atoms with Crippen LogP contribution in [0.4, 0.5) is 4.79 Å². The van der Waals surface area contributed by atoms with E-state index in [1.165, 1.54) is 22.8 Å². The van der Waals surface area contributed by atoms with E-state index in [0.717, 1.165) is 4.47 Å². The molecule has 0 spiro atoms. The maximum Gasteiger partial charge on any atom is 0.416 e. The summed E-state index contributed by atoms with van der Waals surface area (Å²) >= 11 is 9.40. The van der Waals surface area contributed by atoms with Crippen LogP contribution in [0.25, 0.3) is 10.9 Å². The van der Waals surface area contributed by atoms with Gasteiger partial charge < -0.3 is 9.84 Å². The molecule has 11 heteroatoms. The van der Waals surface area contributed by atoms with Gasteiger partial charge in [0.25, 0.3) is 0 Å². The van der Waals surface area contributed by atoms with Crippen molar-refractivity contribution in [2.45, 2.75) is 44.6 Å². The van der Waals surface area contributed by atoms with Crippen LogP contribution in [0.1, 0.15) is 42.4 Å². The minimum Gasteiger partial charge on any atom is -0.464 e. The summed E-state index contributed by atoms with van der Waals surface area (Å²) in [5, 5.41) is 10.5. The summed E-state index contributed by atoms with van der Waals surface area (Å²) in [5.74, 6) is -0.805. The van der Waals surface area contributed by atoms with Gasteiger partial charge in [0.1, 0.15) is 5.60 Å². The summed E-state index contributed by atoms with van der Waals surface area (Å²) in [6, 6.07) is 9.12. The Bertz CT molecular complexity index is 1390. The number of benzene rings is 2. The number of ether oxygens (including phenoxy) is 1. The molecule has 1 aromatic heterocycles. The topological polar surface area (TPSA) is 115 Å². The van der Waals surface area contributed by atoms with Gasteiger partial charge in [0.2, 0.25) is 10.0 Å². The second kappa shape index (κ2) is 9.69. The van der Waals surface area contributed by atoms with Gasteiger partial charge in [-0.2, -0.15) is 0 Å². The highest BCUT2D eigenvalue weighted by molar-refractivity contribution is 9.10. The maximum atomic E-state index is 13.1. The molecule has 0 aliphatic carbocycles. The van der Waals surface area contributed by atoms with Crippen LogP contribution in [-0.2, 0) is 21.2 Å².